The van der Waals surface area contributed by atoms with Crippen LogP contribution in [0, 0.1) is 6.92 Å². The maximum absolute atomic E-state index is 12.3. The van der Waals surface area contributed by atoms with E-state index in [1.807, 2.05) is 67.6 Å². The highest BCUT2D eigenvalue weighted by atomic mass is 16.3. The monoisotopic (exact) mass is 338 g/mol. The summed E-state index contributed by atoms with van der Waals surface area (Å²) in [5.41, 5.74) is 6.61. The first kappa shape index (κ1) is 16.1. The first-order valence-electron chi connectivity index (χ1n) is 8.56. The third-order valence-corrected chi connectivity index (χ3v) is 4.70. The number of carbonyl (C=O) groups excluding carboxylic acids is 1. The van der Waals surface area contributed by atoms with Crippen LogP contribution in [-0.4, -0.2) is 10.9 Å². The standard InChI is InChI=1S/C24H18O2/c1-16-15-18(11-13-22(16)25)24(17-7-3-2-4-8-17)21-12-14-23(26)20-10-6-5-9-19(20)21/h2-15,25H,1H3/b24-21+. The van der Waals surface area contributed by atoms with Gasteiger partial charge in [0.15, 0.2) is 5.78 Å². The minimum atomic E-state index is 0.0265. The molecule has 0 aromatic heterocycles. The lowest BCUT2D eigenvalue weighted by Gasteiger charge is -2.19. The Labute approximate surface area is 152 Å². The zero-order valence-corrected chi connectivity index (χ0v) is 14.4. The molecule has 1 aliphatic carbocycles. The Kier molecular flexibility index (Phi) is 4.02. The molecule has 0 spiro atoms. The normalized spacial score (nSPS) is 14.9. The summed E-state index contributed by atoms with van der Waals surface area (Å²) >= 11 is 0. The smallest absolute Gasteiger partial charge is 0.186 e. The van der Waals surface area contributed by atoms with Crippen LogP contribution in [0.25, 0.3) is 11.1 Å². The van der Waals surface area contributed by atoms with Gasteiger partial charge < -0.3 is 5.11 Å². The fourth-order valence-electron chi connectivity index (χ4n) is 3.38. The molecule has 0 saturated carbocycles. The van der Waals surface area contributed by atoms with Crippen molar-refractivity contribution < 1.29 is 9.90 Å². The molecule has 2 heteroatoms. The Morgan fingerprint density at radius 3 is 2.19 bits per heavy atom. The molecule has 1 N–H and O–H groups in total. The highest BCUT2D eigenvalue weighted by Gasteiger charge is 2.20. The summed E-state index contributed by atoms with van der Waals surface area (Å²) in [7, 11) is 0. The molecule has 0 amide bonds. The number of fused-ring (bicyclic) bond motifs is 1. The van der Waals surface area contributed by atoms with Crippen LogP contribution < -0.4 is 0 Å². The van der Waals surface area contributed by atoms with Gasteiger partial charge in [-0.05, 0) is 64.6 Å². The van der Waals surface area contributed by atoms with Crippen molar-refractivity contribution in [2.45, 2.75) is 6.92 Å². The van der Waals surface area contributed by atoms with E-state index in [0.717, 1.165) is 33.4 Å². The van der Waals surface area contributed by atoms with E-state index in [2.05, 4.69) is 12.1 Å². The van der Waals surface area contributed by atoms with Gasteiger partial charge in [-0.2, -0.15) is 0 Å². The molecule has 1 aliphatic rings. The zero-order valence-electron chi connectivity index (χ0n) is 14.4. The number of phenolic OH excluding ortho intramolecular Hbond substituents is 1. The summed E-state index contributed by atoms with van der Waals surface area (Å²) in [5, 5.41) is 9.92. The van der Waals surface area contributed by atoms with Gasteiger partial charge in [0.05, 0.1) is 0 Å². The third kappa shape index (κ3) is 2.76. The lowest BCUT2D eigenvalue weighted by molar-refractivity contribution is 0.104. The van der Waals surface area contributed by atoms with Gasteiger partial charge >= 0.3 is 0 Å². The number of hydrogen-bond donors (Lipinski definition) is 1. The van der Waals surface area contributed by atoms with Crippen LogP contribution in [-0.2, 0) is 0 Å². The minimum Gasteiger partial charge on any atom is -0.508 e. The molecule has 0 heterocycles. The fourth-order valence-corrected chi connectivity index (χ4v) is 3.38. The summed E-state index contributed by atoms with van der Waals surface area (Å²) in [5.74, 6) is 0.305. The quantitative estimate of drug-likeness (QED) is 0.678. The molecule has 0 saturated heterocycles. The second-order valence-electron chi connectivity index (χ2n) is 6.40. The van der Waals surface area contributed by atoms with Crippen molar-refractivity contribution >= 4 is 16.9 Å². The van der Waals surface area contributed by atoms with Crippen molar-refractivity contribution in [1.29, 1.82) is 0 Å². The van der Waals surface area contributed by atoms with Gasteiger partial charge in [-0.3, -0.25) is 4.79 Å². The molecule has 3 aromatic carbocycles. The first-order chi connectivity index (χ1) is 12.6. The topological polar surface area (TPSA) is 37.3 Å². The number of ketones is 1. The average molecular weight is 338 g/mol. The number of aryl methyl sites for hydroxylation is 1. The van der Waals surface area contributed by atoms with E-state index in [1.165, 1.54) is 0 Å². The number of hydrogen-bond acceptors (Lipinski definition) is 2. The minimum absolute atomic E-state index is 0.0265. The van der Waals surface area contributed by atoms with E-state index in [4.69, 9.17) is 0 Å². The number of benzene rings is 3. The molecule has 0 bridgehead atoms. The molecule has 4 rings (SSSR count). The molecule has 0 fully saturated rings. The maximum Gasteiger partial charge on any atom is 0.186 e. The van der Waals surface area contributed by atoms with Crippen LogP contribution in [0.4, 0.5) is 0 Å². The number of aromatic hydroxyl groups is 1. The predicted octanol–water partition coefficient (Wildman–Crippen LogP) is 5.41. The molecule has 0 radical (unpaired) electrons. The molecule has 0 aliphatic heterocycles. The molecular weight excluding hydrogens is 320 g/mol. The van der Waals surface area contributed by atoms with Crippen LogP contribution >= 0.6 is 0 Å². The van der Waals surface area contributed by atoms with Gasteiger partial charge in [0.25, 0.3) is 0 Å². The lowest BCUT2D eigenvalue weighted by atomic mass is 9.84. The Morgan fingerprint density at radius 2 is 1.46 bits per heavy atom. The Hall–Kier alpha value is -3.39. The first-order valence-corrected chi connectivity index (χ1v) is 8.56. The van der Waals surface area contributed by atoms with Crippen molar-refractivity contribution in [3.63, 3.8) is 0 Å². The molecule has 0 unspecified atom stereocenters. The zero-order chi connectivity index (χ0) is 18.1. The number of rotatable bonds is 2. The summed E-state index contributed by atoms with van der Waals surface area (Å²) < 4.78 is 0. The Morgan fingerprint density at radius 1 is 0.769 bits per heavy atom. The summed E-state index contributed by atoms with van der Waals surface area (Å²) in [4.78, 5) is 12.3. The van der Waals surface area contributed by atoms with E-state index in [0.29, 0.717) is 5.56 Å². The van der Waals surface area contributed by atoms with Crippen molar-refractivity contribution in [2.75, 3.05) is 0 Å². The Balaban J connectivity index is 2.06. The van der Waals surface area contributed by atoms with Gasteiger partial charge in [0, 0.05) is 5.56 Å². The molecular formula is C24H18O2. The maximum atomic E-state index is 12.3. The number of phenols is 1. The summed E-state index contributed by atoms with van der Waals surface area (Å²) in [6.07, 6.45) is 3.53. The van der Waals surface area contributed by atoms with Gasteiger partial charge in [-0.25, -0.2) is 0 Å². The van der Waals surface area contributed by atoms with Gasteiger partial charge in [0.2, 0.25) is 0 Å². The lowest BCUT2D eigenvalue weighted by Crippen LogP contribution is -2.06. The van der Waals surface area contributed by atoms with Crippen LogP contribution in [0.5, 0.6) is 5.75 Å². The second-order valence-corrected chi connectivity index (χ2v) is 6.40. The molecule has 2 nitrogen and oxygen atoms in total. The largest absolute Gasteiger partial charge is 0.508 e. The second kappa shape index (κ2) is 6.49. The Bertz CT molecular complexity index is 1060. The van der Waals surface area contributed by atoms with Gasteiger partial charge in [0.1, 0.15) is 5.75 Å². The van der Waals surface area contributed by atoms with Crippen molar-refractivity contribution in [1.82, 2.24) is 0 Å². The van der Waals surface area contributed by atoms with Crippen LogP contribution in [0.2, 0.25) is 0 Å². The average Bonchev–Trinajstić information content (AvgIpc) is 2.68. The van der Waals surface area contributed by atoms with Crippen molar-refractivity contribution in [3.8, 4) is 5.75 Å². The van der Waals surface area contributed by atoms with Crippen LogP contribution in [0.15, 0.2) is 84.9 Å². The number of allylic oxidation sites excluding steroid dienone is 3. The van der Waals surface area contributed by atoms with E-state index in [9.17, 15) is 9.90 Å². The summed E-state index contributed by atoms with van der Waals surface area (Å²) in [6, 6.07) is 23.5. The van der Waals surface area contributed by atoms with Crippen molar-refractivity contribution in [3.05, 3.63) is 113 Å². The highest BCUT2D eigenvalue weighted by Crippen LogP contribution is 2.37. The van der Waals surface area contributed by atoms with Crippen molar-refractivity contribution in [2.24, 2.45) is 0 Å². The molecule has 126 valence electrons. The highest BCUT2D eigenvalue weighted by molar-refractivity contribution is 6.16. The summed E-state index contributed by atoms with van der Waals surface area (Å²) in [6.45, 7) is 1.89. The predicted molar refractivity (Wildman–Crippen MR) is 105 cm³/mol. The van der Waals surface area contributed by atoms with Gasteiger partial charge in [-0.1, -0.05) is 60.7 Å². The van der Waals surface area contributed by atoms with Gasteiger partial charge in [-0.15, -0.1) is 0 Å². The van der Waals surface area contributed by atoms with E-state index < -0.39 is 0 Å². The molecule has 0 atom stereocenters. The number of carbonyl (C=O) groups is 1. The SMILES string of the molecule is Cc1cc(/C(=C2\C=CC(=O)c3ccccc32)c2ccccc2)ccc1O. The van der Waals surface area contributed by atoms with E-state index in [-0.39, 0.29) is 11.5 Å². The van der Waals surface area contributed by atoms with E-state index in [1.54, 1.807) is 12.1 Å². The molecule has 26 heavy (non-hydrogen) atoms. The fraction of sp³-hybridized carbons (Fsp3) is 0.0417. The molecule has 3 aromatic rings. The van der Waals surface area contributed by atoms with E-state index >= 15 is 0 Å². The third-order valence-electron chi connectivity index (χ3n) is 4.70. The van der Waals surface area contributed by atoms with Crippen LogP contribution in [0.3, 0.4) is 0 Å². The van der Waals surface area contributed by atoms with Crippen LogP contribution in [0.1, 0.15) is 32.6 Å².